The number of carbonyl (C=O) groups is 1. The van der Waals surface area contributed by atoms with E-state index in [0.29, 0.717) is 12.1 Å². The van der Waals surface area contributed by atoms with Gasteiger partial charge in [0.2, 0.25) is 0 Å². The third kappa shape index (κ3) is 5.65. The summed E-state index contributed by atoms with van der Waals surface area (Å²) in [6, 6.07) is 5.73. The molecule has 0 saturated carbocycles. The van der Waals surface area contributed by atoms with Crippen molar-refractivity contribution in [3.63, 3.8) is 0 Å². The number of alkyl halides is 2. The van der Waals surface area contributed by atoms with Crippen LogP contribution in [0.2, 0.25) is 0 Å². The van der Waals surface area contributed by atoms with Crippen LogP contribution in [0.1, 0.15) is 17.3 Å². The van der Waals surface area contributed by atoms with Crippen LogP contribution in [0.25, 0.3) is 0 Å². The van der Waals surface area contributed by atoms with E-state index in [1.165, 1.54) is 18.2 Å². The Bertz CT molecular complexity index is 413. The summed E-state index contributed by atoms with van der Waals surface area (Å²) in [5.74, 6) is -0.0389. The van der Waals surface area contributed by atoms with Crippen LogP contribution in [0.3, 0.4) is 0 Å². The summed E-state index contributed by atoms with van der Waals surface area (Å²) in [5, 5.41) is 5.75. The van der Waals surface area contributed by atoms with Crippen molar-refractivity contribution in [2.24, 2.45) is 5.92 Å². The van der Waals surface area contributed by atoms with Crippen LogP contribution in [0.4, 0.5) is 8.78 Å². The fraction of sp³-hybridized carbons (Fsp3) is 0.462. The Balaban J connectivity index is 2.56. The van der Waals surface area contributed by atoms with Crippen molar-refractivity contribution in [1.82, 2.24) is 10.6 Å². The van der Waals surface area contributed by atoms with E-state index in [-0.39, 0.29) is 17.6 Å². The average Bonchev–Trinajstić information content (AvgIpc) is 2.36. The molecule has 0 aromatic heterocycles. The first kappa shape index (κ1) is 15.4. The first-order chi connectivity index (χ1) is 9.02. The van der Waals surface area contributed by atoms with E-state index in [0.717, 1.165) is 6.54 Å². The second kappa shape index (κ2) is 7.68. The Kier molecular flexibility index (Phi) is 6.21. The monoisotopic (exact) mass is 272 g/mol. The molecule has 1 aromatic rings. The van der Waals surface area contributed by atoms with E-state index in [1.54, 1.807) is 6.07 Å². The van der Waals surface area contributed by atoms with Gasteiger partial charge in [0.1, 0.15) is 5.75 Å². The Morgan fingerprint density at radius 2 is 2.11 bits per heavy atom. The molecule has 0 radical (unpaired) electrons. The Morgan fingerprint density at radius 3 is 2.74 bits per heavy atom. The highest BCUT2D eigenvalue weighted by molar-refractivity contribution is 5.94. The van der Waals surface area contributed by atoms with E-state index in [1.807, 2.05) is 14.0 Å². The molecule has 2 N–H and O–H groups in total. The number of ether oxygens (including phenoxy) is 1. The average molecular weight is 272 g/mol. The Hall–Kier alpha value is -1.69. The van der Waals surface area contributed by atoms with Gasteiger partial charge in [0.25, 0.3) is 5.91 Å². The lowest BCUT2D eigenvalue weighted by molar-refractivity contribution is -0.0498. The van der Waals surface area contributed by atoms with Gasteiger partial charge in [-0.2, -0.15) is 8.78 Å². The van der Waals surface area contributed by atoms with Crippen molar-refractivity contribution in [2.45, 2.75) is 13.5 Å². The SMILES string of the molecule is CNCC(C)CNC(=O)c1cccc(OC(F)F)c1. The minimum atomic E-state index is -2.89. The smallest absolute Gasteiger partial charge is 0.387 e. The fourth-order valence-corrected chi connectivity index (χ4v) is 1.60. The number of rotatable bonds is 7. The van der Waals surface area contributed by atoms with Crippen LogP contribution in [0.5, 0.6) is 5.75 Å². The minimum Gasteiger partial charge on any atom is -0.435 e. The van der Waals surface area contributed by atoms with Gasteiger partial charge in [-0.1, -0.05) is 13.0 Å². The van der Waals surface area contributed by atoms with Crippen molar-refractivity contribution in [3.05, 3.63) is 29.8 Å². The second-order valence-electron chi connectivity index (χ2n) is 4.28. The molecule has 1 rings (SSSR count). The van der Waals surface area contributed by atoms with Gasteiger partial charge < -0.3 is 15.4 Å². The Morgan fingerprint density at radius 1 is 1.37 bits per heavy atom. The maximum Gasteiger partial charge on any atom is 0.387 e. The zero-order valence-electron chi connectivity index (χ0n) is 11.0. The van der Waals surface area contributed by atoms with Gasteiger partial charge in [0.15, 0.2) is 0 Å². The van der Waals surface area contributed by atoms with E-state index < -0.39 is 6.61 Å². The molecule has 1 atom stereocenters. The van der Waals surface area contributed by atoms with Crippen molar-refractivity contribution in [3.8, 4) is 5.75 Å². The number of carbonyl (C=O) groups excluding carboxylic acids is 1. The van der Waals surface area contributed by atoms with Crippen molar-refractivity contribution < 1.29 is 18.3 Å². The molecule has 0 aliphatic heterocycles. The summed E-state index contributed by atoms with van der Waals surface area (Å²) in [6.45, 7) is 0.399. The van der Waals surface area contributed by atoms with Gasteiger partial charge in [0.05, 0.1) is 0 Å². The highest BCUT2D eigenvalue weighted by Crippen LogP contribution is 2.15. The van der Waals surface area contributed by atoms with Gasteiger partial charge >= 0.3 is 6.61 Å². The molecular weight excluding hydrogens is 254 g/mol. The fourth-order valence-electron chi connectivity index (χ4n) is 1.60. The lowest BCUT2D eigenvalue weighted by Gasteiger charge is -2.12. The molecule has 1 aromatic carbocycles. The summed E-state index contributed by atoms with van der Waals surface area (Å²) < 4.78 is 28.4. The highest BCUT2D eigenvalue weighted by Gasteiger charge is 2.10. The molecule has 0 bridgehead atoms. The molecule has 1 amide bonds. The van der Waals surface area contributed by atoms with Gasteiger partial charge in [-0.05, 0) is 37.7 Å². The predicted molar refractivity (Wildman–Crippen MR) is 68.5 cm³/mol. The molecule has 19 heavy (non-hydrogen) atoms. The van der Waals surface area contributed by atoms with E-state index in [9.17, 15) is 13.6 Å². The second-order valence-corrected chi connectivity index (χ2v) is 4.28. The van der Waals surface area contributed by atoms with Crippen LogP contribution in [-0.4, -0.2) is 32.7 Å². The summed E-state index contributed by atoms with van der Waals surface area (Å²) in [7, 11) is 1.84. The number of benzene rings is 1. The zero-order chi connectivity index (χ0) is 14.3. The first-order valence-electron chi connectivity index (χ1n) is 6.00. The van der Waals surface area contributed by atoms with Crippen molar-refractivity contribution in [1.29, 1.82) is 0 Å². The van der Waals surface area contributed by atoms with E-state index in [4.69, 9.17) is 0 Å². The minimum absolute atomic E-state index is 0.0223. The third-order valence-corrected chi connectivity index (χ3v) is 2.49. The normalized spacial score (nSPS) is 12.3. The summed E-state index contributed by atoms with van der Waals surface area (Å²) in [6.07, 6.45) is 0. The summed E-state index contributed by atoms with van der Waals surface area (Å²) in [4.78, 5) is 11.8. The standard InChI is InChI=1S/C13H18F2N2O2/c1-9(7-16-2)8-17-12(18)10-4-3-5-11(6-10)19-13(14)15/h3-6,9,13,16H,7-8H2,1-2H3,(H,17,18). The van der Waals surface area contributed by atoms with E-state index >= 15 is 0 Å². The van der Waals surface area contributed by atoms with Crippen molar-refractivity contribution >= 4 is 5.91 Å². The molecule has 0 spiro atoms. The van der Waals surface area contributed by atoms with Gasteiger partial charge in [-0.25, -0.2) is 0 Å². The predicted octanol–water partition coefficient (Wildman–Crippen LogP) is 1.87. The number of halogens is 2. The van der Waals surface area contributed by atoms with Crippen LogP contribution in [-0.2, 0) is 0 Å². The molecule has 0 saturated heterocycles. The molecule has 0 aliphatic carbocycles. The molecule has 4 nitrogen and oxygen atoms in total. The Labute approximate surface area is 111 Å². The highest BCUT2D eigenvalue weighted by atomic mass is 19.3. The number of hydrogen-bond acceptors (Lipinski definition) is 3. The first-order valence-corrected chi connectivity index (χ1v) is 6.00. The van der Waals surface area contributed by atoms with Crippen LogP contribution < -0.4 is 15.4 Å². The summed E-state index contributed by atoms with van der Waals surface area (Å²) >= 11 is 0. The molecule has 0 fully saturated rings. The maximum absolute atomic E-state index is 12.1. The molecule has 0 heterocycles. The lowest BCUT2D eigenvalue weighted by Crippen LogP contribution is -2.32. The van der Waals surface area contributed by atoms with Gasteiger partial charge in [0, 0.05) is 12.1 Å². The third-order valence-electron chi connectivity index (χ3n) is 2.49. The topological polar surface area (TPSA) is 50.4 Å². The largest absolute Gasteiger partial charge is 0.435 e. The van der Waals surface area contributed by atoms with Gasteiger partial charge in [-0.15, -0.1) is 0 Å². The van der Waals surface area contributed by atoms with E-state index in [2.05, 4.69) is 15.4 Å². The maximum atomic E-state index is 12.1. The number of nitrogens with one attached hydrogen (secondary N) is 2. The zero-order valence-corrected chi connectivity index (χ0v) is 11.0. The molecular formula is C13H18F2N2O2. The number of hydrogen-bond donors (Lipinski definition) is 2. The summed E-state index contributed by atoms with van der Waals surface area (Å²) in [5.41, 5.74) is 0.301. The van der Waals surface area contributed by atoms with Crippen molar-refractivity contribution in [2.75, 3.05) is 20.1 Å². The molecule has 0 aliphatic rings. The quantitative estimate of drug-likeness (QED) is 0.796. The van der Waals surface area contributed by atoms with Crippen LogP contribution >= 0.6 is 0 Å². The van der Waals surface area contributed by atoms with Crippen LogP contribution in [0.15, 0.2) is 24.3 Å². The van der Waals surface area contributed by atoms with Crippen LogP contribution in [0, 0.1) is 5.92 Å². The van der Waals surface area contributed by atoms with Gasteiger partial charge in [-0.3, -0.25) is 4.79 Å². The number of amides is 1. The molecule has 1 unspecified atom stereocenters. The lowest BCUT2D eigenvalue weighted by atomic mass is 10.1. The molecule has 106 valence electrons. The molecule has 6 heteroatoms.